The highest BCUT2D eigenvalue weighted by Gasteiger charge is 2.07. The lowest BCUT2D eigenvalue weighted by Gasteiger charge is -2.07. The van der Waals surface area contributed by atoms with Gasteiger partial charge < -0.3 is 10.8 Å². The van der Waals surface area contributed by atoms with Gasteiger partial charge in [0.1, 0.15) is 5.84 Å². The molecule has 17 heavy (non-hydrogen) atoms. The fourth-order valence-electron chi connectivity index (χ4n) is 1.69. The number of aromatic hydroxyl groups is 1. The molecule has 0 aliphatic heterocycles. The zero-order chi connectivity index (χ0) is 12.6. The van der Waals surface area contributed by atoms with Crippen LogP contribution in [0.15, 0.2) is 34.1 Å². The summed E-state index contributed by atoms with van der Waals surface area (Å²) in [6.07, 6.45) is 0. The molecule has 0 spiro atoms. The van der Waals surface area contributed by atoms with E-state index in [2.05, 4.69) is 4.99 Å². The van der Waals surface area contributed by atoms with Gasteiger partial charge in [0.2, 0.25) is 5.88 Å². The fourth-order valence-corrected chi connectivity index (χ4v) is 1.69. The first-order valence-electron chi connectivity index (χ1n) is 5.10. The quantitative estimate of drug-likeness (QED) is 0.556. The van der Waals surface area contributed by atoms with E-state index in [0.717, 1.165) is 5.56 Å². The summed E-state index contributed by atoms with van der Waals surface area (Å²) in [6.45, 7) is 0. The molecular formula is C12H13N3O2. The Labute approximate surface area is 97.8 Å². The van der Waals surface area contributed by atoms with Crippen molar-refractivity contribution in [1.82, 2.24) is 4.57 Å². The number of rotatable bonds is 1. The minimum Gasteiger partial charge on any atom is -0.494 e. The second-order valence-corrected chi connectivity index (χ2v) is 3.78. The summed E-state index contributed by atoms with van der Waals surface area (Å²) < 4.78 is 1.19. The highest BCUT2D eigenvalue weighted by atomic mass is 16.3. The molecule has 0 saturated carbocycles. The zero-order valence-corrected chi connectivity index (χ0v) is 9.64. The molecule has 1 aromatic carbocycles. The Morgan fingerprint density at radius 3 is 2.76 bits per heavy atom. The maximum absolute atomic E-state index is 11.5. The van der Waals surface area contributed by atoms with Gasteiger partial charge in [0.25, 0.3) is 5.56 Å². The van der Waals surface area contributed by atoms with E-state index >= 15 is 0 Å². The van der Waals surface area contributed by atoms with E-state index in [-0.39, 0.29) is 11.4 Å². The zero-order valence-electron chi connectivity index (χ0n) is 9.64. The first-order valence-corrected chi connectivity index (χ1v) is 5.10. The molecule has 0 aliphatic carbocycles. The molecule has 88 valence electrons. The fraction of sp³-hybridized carbons (Fsp3) is 0.167. The average molecular weight is 231 g/mol. The van der Waals surface area contributed by atoms with Gasteiger partial charge in [-0.2, -0.15) is 0 Å². The van der Waals surface area contributed by atoms with Gasteiger partial charge in [-0.3, -0.25) is 14.4 Å². The first kappa shape index (κ1) is 11.2. The van der Waals surface area contributed by atoms with Gasteiger partial charge in [-0.15, -0.1) is 0 Å². The molecule has 5 heteroatoms. The first-order chi connectivity index (χ1) is 8.04. The molecule has 1 heterocycles. The predicted molar refractivity (Wildman–Crippen MR) is 67.5 cm³/mol. The van der Waals surface area contributed by atoms with Crippen molar-refractivity contribution in [3.8, 4) is 5.88 Å². The van der Waals surface area contributed by atoms with Crippen LogP contribution in [0.1, 0.15) is 5.56 Å². The van der Waals surface area contributed by atoms with Crippen LogP contribution < -0.4 is 11.3 Å². The maximum Gasteiger partial charge on any atom is 0.253 e. The molecule has 0 radical (unpaired) electrons. The number of pyridine rings is 1. The third-order valence-corrected chi connectivity index (χ3v) is 2.76. The number of fused-ring (bicyclic) bond motifs is 1. The van der Waals surface area contributed by atoms with Gasteiger partial charge in [0, 0.05) is 31.1 Å². The van der Waals surface area contributed by atoms with Crippen LogP contribution in [0.25, 0.3) is 10.8 Å². The SMILES string of the molecule is CN=C(N)c1ccc2c(O)n(C)c(=O)cc2c1. The van der Waals surface area contributed by atoms with E-state index in [4.69, 9.17) is 5.73 Å². The van der Waals surface area contributed by atoms with Crippen molar-refractivity contribution in [3.63, 3.8) is 0 Å². The lowest BCUT2D eigenvalue weighted by Crippen LogP contribution is -2.16. The van der Waals surface area contributed by atoms with Crippen molar-refractivity contribution in [2.45, 2.75) is 0 Å². The molecule has 0 unspecified atom stereocenters. The van der Waals surface area contributed by atoms with Crippen LogP contribution in [0.4, 0.5) is 0 Å². The summed E-state index contributed by atoms with van der Waals surface area (Å²) in [4.78, 5) is 15.4. The average Bonchev–Trinajstić information content (AvgIpc) is 2.34. The van der Waals surface area contributed by atoms with Crippen LogP contribution in [0.2, 0.25) is 0 Å². The van der Waals surface area contributed by atoms with Crippen LogP contribution in [-0.2, 0) is 7.05 Å². The summed E-state index contributed by atoms with van der Waals surface area (Å²) in [5, 5.41) is 11.1. The number of benzene rings is 1. The number of hydrogen-bond donors (Lipinski definition) is 2. The molecule has 2 rings (SSSR count). The number of aromatic nitrogens is 1. The van der Waals surface area contributed by atoms with Crippen molar-refractivity contribution in [2.24, 2.45) is 17.8 Å². The van der Waals surface area contributed by atoms with Gasteiger partial charge in [-0.25, -0.2) is 0 Å². The topological polar surface area (TPSA) is 80.6 Å². The van der Waals surface area contributed by atoms with E-state index in [9.17, 15) is 9.90 Å². The van der Waals surface area contributed by atoms with Gasteiger partial charge in [0.15, 0.2) is 0 Å². The summed E-state index contributed by atoms with van der Waals surface area (Å²) in [5.41, 5.74) is 6.16. The largest absolute Gasteiger partial charge is 0.494 e. The Morgan fingerprint density at radius 1 is 1.41 bits per heavy atom. The minimum atomic E-state index is -0.265. The monoisotopic (exact) mass is 231 g/mol. The molecule has 5 nitrogen and oxygen atoms in total. The highest BCUT2D eigenvalue weighted by Crippen LogP contribution is 2.22. The van der Waals surface area contributed by atoms with E-state index in [1.807, 2.05) is 0 Å². The number of nitrogens with zero attached hydrogens (tertiary/aromatic N) is 2. The highest BCUT2D eigenvalue weighted by molar-refractivity contribution is 6.01. The van der Waals surface area contributed by atoms with E-state index in [0.29, 0.717) is 16.6 Å². The Bertz CT molecular complexity index is 671. The third-order valence-electron chi connectivity index (χ3n) is 2.76. The van der Waals surface area contributed by atoms with Crippen LogP contribution in [0.3, 0.4) is 0 Å². The standard InChI is InChI=1S/C12H13N3O2/c1-14-11(13)7-3-4-9-8(5-7)6-10(16)15(2)12(9)17/h3-6,17H,1-2H3,(H2,13,14). The second-order valence-electron chi connectivity index (χ2n) is 3.78. The summed E-state index contributed by atoms with van der Waals surface area (Å²) in [7, 11) is 3.12. The van der Waals surface area contributed by atoms with Crippen molar-refractivity contribution in [3.05, 3.63) is 40.2 Å². The molecule has 2 aromatic rings. The lowest BCUT2D eigenvalue weighted by molar-refractivity contribution is 0.430. The van der Waals surface area contributed by atoms with Crippen LogP contribution >= 0.6 is 0 Å². The lowest BCUT2D eigenvalue weighted by atomic mass is 10.1. The summed E-state index contributed by atoms with van der Waals surface area (Å²) in [5.74, 6) is 0.345. The van der Waals surface area contributed by atoms with Gasteiger partial charge >= 0.3 is 0 Å². The van der Waals surface area contributed by atoms with Crippen molar-refractivity contribution in [2.75, 3.05) is 7.05 Å². The summed E-state index contributed by atoms with van der Waals surface area (Å²) >= 11 is 0. The Hall–Kier alpha value is -2.30. The molecule has 1 aromatic heterocycles. The van der Waals surface area contributed by atoms with Crippen molar-refractivity contribution < 1.29 is 5.11 Å². The van der Waals surface area contributed by atoms with Crippen LogP contribution in [0, 0.1) is 0 Å². The number of amidine groups is 1. The smallest absolute Gasteiger partial charge is 0.253 e. The van der Waals surface area contributed by atoms with Gasteiger partial charge in [-0.05, 0) is 17.5 Å². The minimum absolute atomic E-state index is 0.0499. The normalized spacial score (nSPS) is 12.0. The third kappa shape index (κ3) is 1.75. The van der Waals surface area contributed by atoms with E-state index in [1.54, 1.807) is 25.2 Å². The molecular weight excluding hydrogens is 218 g/mol. The van der Waals surface area contributed by atoms with E-state index in [1.165, 1.54) is 17.7 Å². The molecule has 0 saturated heterocycles. The van der Waals surface area contributed by atoms with Crippen LogP contribution in [-0.4, -0.2) is 22.6 Å². The van der Waals surface area contributed by atoms with E-state index < -0.39 is 0 Å². The van der Waals surface area contributed by atoms with Gasteiger partial charge in [-0.1, -0.05) is 6.07 Å². The molecule has 3 N–H and O–H groups in total. The summed E-state index contributed by atoms with van der Waals surface area (Å²) in [6, 6.07) is 6.67. The molecule has 0 atom stereocenters. The number of aliphatic imine (C=N–C) groups is 1. The molecule has 0 aliphatic rings. The molecule has 0 fully saturated rings. The number of nitrogens with two attached hydrogens (primary N) is 1. The Balaban J connectivity index is 2.80. The van der Waals surface area contributed by atoms with Gasteiger partial charge in [0.05, 0.1) is 0 Å². The van der Waals surface area contributed by atoms with Crippen molar-refractivity contribution in [1.29, 1.82) is 0 Å². The van der Waals surface area contributed by atoms with Crippen molar-refractivity contribution >= 4 is 16.6 Å². The molecule has 0 amide bonds. The molecule has 0 bridgehead atoms. The Morgan fingerprint density at radius 2 is 2.12 bits per heavy atom. The maximum atomic E-state index is 11.5. The predicted octanol–water partition coefficient (Wildman–Crippen LogP) is 0.579. The number of hydrogen-bond acceptors (Lipinski definition) is 3. The Kier molecular flexibility index (Phi) is 2.59. The van der Waals surface area contributed by atoms with Crippen LogP contribution in [0.5, 0.6) is 5.88 Å². The second kappa shape index (κ2) is 3.93.